The van der Waals surface area contributed by atoms with Crippen LogP contribution in [-0.4, -0.2) is 13.0 Å². The van der Waals surface area contributed by atoms with Gasteiger partial charge in [0.1, 0.15) is 0 Å². The van der Waals surface area contributed by atoms with Crippen molar-refractivity contribution in [3.8, 4) is 0 Å². The zero-order chi connectivity index (χ0) is 9.85. The first-order chi connectivity index (χ1) is 5.83. The standard InChI is InChI=1S/C9H14O3S/c1-9(2)6-3-4-8(7(9)5-6)13(10,11)12/h4,6-7H,3,5H2,1-2H3,(H,10,11,12)/t6-,7-/m0/s1. The van der Waals surface area contributed by atoms with Gasteiger partial charge in [0.25, 0.3) is 10.1 Å². The first-order valence-corrected chi connectivity index (χ1v) is 5.95. The lowest BCUT2D eigenvalue weighted by Crippen LogP contribution is -2.49. The largest absolute Gasteiger partial charge is 0.290 e. The van der Waals surface area contributed by atoms with E-state index in [0.29, 0.717) is 5.92 Å². The maximum absolute atomic E-state index is 11.0. The minimum Gasteiger partial charge on any atom is -0.282 e. The summed E-state index contributed by atoms with van der Waals surface area (Å²) < 4.78 is 31.0. The second-order valence-electron chi connectivity index (χ2n) is 4.62. The zero-order valence-corrected chi connectivity index (χ0v) is 8.63. The van der Waals surface area contributed by atoms with Gasteiger partial charge in [0.05, 0.1) is 4.91 Å². The Morgan fingerprint density at radius 2 is 2.15 bits per heavy atom. The van der Waals surface area contributed by atoms with Gasteiger partial charge in [-0.25, -0.2) is 0 Å². The Balaban J connectivity index is 2.40. The molecular weight excluding hydrogens is 188 g/mol. The van der Waals surface area contributed by atoms with Crippen molar-refractivity contribution >= 4 is 10.1 Å². The fraction of sp³-hybridized carbons (Fsp3) is 0.778. The first kappa shape index (κ1) is 9.21. The molecule has 1 N–H and O–H groups in total. The quantitative estimate of drug-likeness (QED) is 0.660. The van der Waals surface area contributed by atoms with Crippen LogP contribution in [0.3, 0.4) is 0 Å². The molecule has 2 bridgehead atoms. The van der Waals surface area contributed by atoms with Crippen LogP contribution in [-0.2, 0) is 10.1 Å². The molecule has 3 nitrogen and oxygen atoms in total. The van der Waals surface area contributed by atoms with E-state index < -0.39 is 10.1 Å². The van der Waals surface area contributed by atoms with Crippen molar-refractivity contribution < 1.29 is 13.0 Å². The van der Waals surface area contributed by atoms with Crippen molar-refractivity contribution in [3.05, 3.63) is 11.0 Å². The second-order valence-corrected chi connectivity index (χ2v) is 6.05. The van der Waals surface area contributed by atoms with Gasteiger partial charge in [0, 0.05) is 5.92 Å². The van der Waals surface area contributed by atoms with Gasteiger partial charge in [-0.05, 0) is 24.2 Å². The molecule has 4 heteroatoms. The average Bonchev–Trinajstić information content (AvgIpc) is 2.02. The molecule has 0 unspecified atom stereocenters. The van der Waals surface area contributed by atoms with E-state index in [1.165, 1.54) is 0 Å². The van der Waals surface area contributed by atoms with Crippen molar-refractivity contribution in [2.24, 2.45) is 17.3 Å². The molecule has 0 aromatic heterocycles. The molecule has 3 aliphatic rings. The lowest BCUT2D eigenvalue weighted by molar-refractivity contribution is -0.00116. The van der Waals surface area contributed by atoms with Crippen molar-refractivity contribution in [1.82, 2.24) is 0 Å². The maximum Gasteiger partial charge on any atom is 0.290 e. The van der Waals surface area contributed by atoms with Crippen LogP contribution in [0.5, 0.6) is 0 Å². The van der Waals surface area contributed by atoms with Gasteiger partial charge >= 0.3 is 0 Å². The van der Waals surface area contributed by atoms with Gasteiger partial charge < -0.3 is 0 Å². The highest BCUT2D eigenvalue weighted by molar-refractivity contribution is 7.89. The molecule has 3 rings (SSSR count). The van der Waals surface area contributed by atoms with Crippen LogP contribution in [0.4, 0.5) is 0 Å². The van der Waals surface area contributed by atoms with Crippen LogP contribution in [0.1, 0.15) is 26.7 Å². The predicted molar refractivity (Wildman–Crippen MR) is 49.6 cm³/mol. The molecule has 0 radical (unpaired) electrons. The van der Waals surface area contributed by atoms with Crippen LogP contribution >= 0.6 is 0 Å². The highest BCUT2D eigenvalue weighted by Crippen LogP contribution is 2.59. The summed E-state index contributed by atoms with van der Waals surface area (Å²) in [6, 6.07) is 0. The average molecular weight is 202 g/mol. The highest BCUT2D eigenvalue weighted by Gasteiger charge is 2.53. The van der Waals surface area contributed by atoms with Gasteiger partial charge in [0.15, 0.2) is 0 Å². The maximum atomic E-state index is 11.0. The fourth-order valence-corrected chi connectivity index (χ4v) is 3.65. The third-order valence-electron chi connectivity index (χ3n) is 3.72. The van der Waals surface area contributed by atoms with Crippen LogP contribution in [0.2, 0.25) is 0 Å². The zero-order valence-electron chi connectivity index (χ0n) is 7.82. The number of allylic oxidation sites excluding steroid dienone is 2. The molecule has 0 saturated heterocycles. The van der Waals surface area contributed by atoms with E-state index in [1.54, 1.807) is 6.08 Å². The fourth-order valence-electron chi connectivity index (χ4n) is 2.58. The molecule has 2 atom stereocenters. The number of fused-ring (bicyclic) bond motifs is 1. The van der Waals surface area contributed by atoms with E-state index in [9.17, 15) is 8.42 Å². The van der Waals surface area contributed by atoms with Gasteiger partial charge in [0.2, 0.25) is 0 Å². The lowest BCUT2D eigenvalue weighted by atomic mass is 9.51. The van der Waals surface area contributed by atoms with E-state index in [4.69, 9.17) is 4.55 Å². The van der Waals surface area contributed by atoms with Crippen LogP contribution in [0.25, 0.3) is 0 Å². The summed E-state index contributed by atoms with van der Waals surface area (Å²) in [4.78, 5) is 0.250. The van der Waals surface area contributed by atoms with E-state index in [-0.39, 0.29) is 16.2 Å². The molecule has 1 saturated carbocycles. The summed E-state index contributed by atoms with van der Waals surface area (Å²) in [5.41, 5.74) is 0.0554. The molecule has 0 amide bonds. The SMILES string of the molecule is CC1(C)[C@H]2CC=C(S(=O)(=O)O)[C@@H]1C2. The van der Waals surface area contributed by atoms with Gasteiger partial charge in [-0.3, -0.25) is 4.55 Å². The third-order valence-corrected chi connectivity index (χ3v) is 4.76. The normalized spacial score (nSPS) is 36.4. The molecule has 13 heavy (non-hydrogen) atoms. The molecule has 0 spiro atoms. The Labute approximate surface area is 78.6 Å². The molecule has 74 valence electrons. The Bertz CT molecular complexity index is 364. The monoisotopic (exact) mass is 202 g/mol. The first-order valence-electron chi connectivity index (χ1n) is 4.51. The summed E-state index contributed by atoms with van der Waals surface area (Å²) in [6.07, 6.45) is 3.39. The van der Waals surface area contributed by atoms with E-state index >= 15 is 0 Å². The Morgan fingerprint density at radius 3 is 2.46 bits per heavy atom. The van der Waals surface area contributed by atoms with Crippen molar-refractivity contribution in [2.45, 2.75) is 26.7 Å². The van der Waals surface area contributed by atoms with Crippen molar-refractivity contribution in [1.29, 1.82) is 0 Å². The predicted octanol–water partition coefficient (Wildman–Crippen LogP) is 1.82. The van der Waals surface area contributed by atoms with E-state index in [1.807, 2.05) is 0 Å². The molecule has 0 heterocycles. The Hall–Kier alpha value is -0.350. The molecular formula is C9H14O3S. The van der Waals surface area contributed by atoms with E-state index in [0.717, 1.165) is 12.8 Å². The summed E-state index contributed by atoms with van der Waals surface area (Å²) in [7, 11) is -3.95. The highest BCUT2D eigenvalue weighted by atomic mass is 32.2. The minimum atomic E-state index is -3.95. The molecule has 3 aliphatic carbocycles. The van der Waals surface area contributed by atoms with Gasteiger partial charge in [-0.15, -0.1) is 0 Å². The lowest BCUT2D eigenvalue weighted by Gasteiger charge is -2.55. The van der Waals surface area contributed by atoms with E-state index in [2.05, 4.69) is 13.8 Å². The molecule has 0 aromatic carbocycles. The Morgan fingerprint density at radius 1 is 1.54 bits per heavy atom. The van der Waals surface area contributed by atoms with Crippen LogP contribution in [0.15, 0.2) is 11.0 Å². The topological polar surface area (TPSA) is 54.4 Å². The number of hydrogen-bond donors (Lipinski definition) is 1. The second kappa shape index (κ2) is 2.36. The molecule has 0 aromatic rings. The van der Waals surface area contributed by atoms with Crippen molar-refractivity contribution in [3.63, 3.8) is 0 Å². The number of hydrogen-bond acceptors (Lipinski definition) is 2. The van der Waals surface area contributed by atoms with Crippen molar-refractivity contribution in [2.75, 3.05) is 0 Å². The number of rotatable bonds is 1. The summed E-state index contributed by atoms with van der Waals surface area (Å²) in [5, 5.41) is 0. The van der Waals surface area contributed by atoms with Crippen LogP contribution < -0.4 is 0 Å². The smallest absolute Gasteiger partial charge is 0.282 e. The summed E-state index contributed by atoms with van der Waals surface area (Å²) in [6.45, 7) is 4.15. The summed E-state index contributed by atoms with van der Waals surface area (Å²) in [5.74, 6) is 0.643. The van der Waals surface area contributed by atoms with Gasteiger partial charge in [-0.1, -0.05) is 19.9 Å². The van der Waals surface area contributed by atoms with Gasteiger partial charge in [-0.2, -0.15) is 8.42 Å². The third kappa shape index (κ3) is 1.15. The van der Waals surface area contributed by atoms with Crippen LogP contribution in [0, 0.1) is 17.3 Å². The summed E-state index contributed by atoms with van der Waals surface area (Å²) >= 11 is 0. The minimum absolute atomic E-state index is 0.0428. The molecule has 1 fully saturated rings. The Kier molecular flexibility index (Phi) is 1.67. The molecule has 0 aliphatic heterocycles.